The molecule has 0 spiro atoms. The number of rotatable bonds is 6. The molecule has 1 fully saturated rings. The summed E-state index contributed by atoms with van der Waals surface area (Å²) in [5.74, 6) is 1.10. The second kappa shape index (κ2) is 5.83. The number of nitrogens with two attached hydrogens (primary N) is 1. The number of carbonyl (C=O) groups is 1. The summed E-state index contributed by atoms with van der Waals surface area (Å²) in [7, 11) is 1.63. The molecule has 1 aliphatic carbocycles. The van der Waals surface area contributed by atoms with Crippen LogP contribution in [0.1, 0.15) is 26.7 Å². The molecule has 1 aliphatic rings. The highest BCUT2D eigenvalue weighted by molar-refractivity contribution is 5.97. The van der Waals surface area contributed by atoms with Crippen LogP contribution in [-0.2, 0) is 4.79 Å². The van der Waals surface area contributed by atoms with Crippen LogP contribution in [0.4, 0.5) is 5.69 Å². The predicted octanol–water partition coefficient (Wildman–Crippen LogP) is 2.42. The monoisotopic (exact) mass is 276 g/mol. The summed E-state index contributed by atoms with van der Waals surface area (Å²) in [5.41, 5.74) is 6.62. The lowest BCUT2D eigenvalue weighted by atomic mass is 10.1. The van der Waals surface area contributed by atoms with Gasteiger partial charge in [0.2, 0.25) is 5.91 Å². The van der Waals surface area contributed by atoms with Crippen molar-refractivity contribution in [3.8, 4) is 5.75 Å². The molecule has 1 aromatic rings. The molecule has 2 N–H and O–H groups in total. The van der Waals surface area contributed by atoms with Gasteiger partial charge in [-0.3, -0.25) is 4.79 Å². The van der Waals surface area contributed by atoms with Crippen LogP contribution in [0.15, 0.2) is 24.3 Å². The molecule has 1 saturated carbocycles. The Balaban J connectivity index is 2.20. The molecular weight excluding hydrogens is 252 g/mol. The molecule has 1 unspecified atom stereocenters. The molecule has 2 rings (SSSR count). The van der Waals surface area contributed by atoms with Crippen LogP contribution >= 0.6 is 0 Å². The summed E-state index contributed by atoms with van der Waals surface area (Å²) >= 11 is 0. The Morgan fingerprint density at radius 1 is 1.50 bits per heavy atom. The van der Waals surface area contributed by atoms with E-state index in [-0.39, 0.29) is 17.2 Å². The molecule has 1 aromatic carbocycles. The van der Waals surface area contributed by atoms with Crippen molar-refractivity contribution in [2.45, 2.75) is 26.7 Å². The highest BCUT2D eigenvalue weighted by atomic mass is 16.5. The lowest BCUT2D eigenvalue weighted by Crippen LogP contribution is -2.35. The van der Waals surface area contributed by atoms with E-state index in [0.29, 0.717) is 13.1 Å². The van der Waals surface area contributed by atoms with Crippen LogP contribution in [0.25, 0.3) is 0 Å². The van der Waals surface area contributed by atoms with Crippen molar-refractivity contribution in [1.29, 1.82) is 0 Å². The van der Waals surface area contributed by atoms with E-state index in [1.807, 2.05) is 29.2 Å². The average molecular weight is 276 g/mol. The molecule has 110 valence electrons. The molecule has 0 bridgehead atoms. The Kier molecular flexibility index (Phi) is 4.33. The van der Waals surface area contributed by atoms with E-state index in [1.54, 1.807) is 7.11 Å². The SMILES string of the molecule is COc1cccc(N(CCCN)C(=O)C2CC2(C)C)c1. The number of ether oxygens (including phenoxy) is 1. The van der Waals surface area contributed by atoms with E-state index in [0.717, 1.165) is 24.3 Å². The zero-order valence-electron chi connectivity index (χ0n) is 12.6. The number of carbonyl (C=O) groups excluding carboxylic acids is 1. The molecular formula is C16H24N2O2. The maximum Gasteiger partial charge on any atom is 0.230 e. The molecule has 1 amide bonds. The Morgan fingerprint density at radius 3 is 2.75 bits per heavy atom. The first-order chi connectivity index (χ1) is 9.49. The third-order valence-corrected chi connectivity index (χ3v) is 4.03. The summed E-state index contributed by atoms with van der Waals surface area (Å²) in [6.45, 7) is 5.53. The highest BCUT2D eigenvalue weighted by Crippen LogP contribution is 2.52. The minimum absolute atomic E-state index is 0.131. The Bertz CT molecular complexity index is 485. The van der Waals surface area contributed by atoms with Crippen LogP contribution < -0.4 is 15.4 Å². The van der Waals surface area contributed by atoms with E-state index in [1.165, 1.54) is 0 Å². The van der Waals surface area contributed by atoms with Crippen LogP contribution in [0, 0.1) is 11.3 Å². The average Bonchev–Trinajstić information content (AvgIpc) is 3.08. The van der Waals surface area contributed by atoms with Crippen molar-refractivity contribution in [3.05, 3.63) is 24.3 Å². The van der Waals surface area contributed by atoms with E-state index in [9.17, 15) is 4.79 Å². The quantitative estimate of drug-likeness (QED) is 0.868. The number of hydrogen-bond acceptors (Lipinski definition) is 3. The van der Waals surface area contributed by atoms with Gasteiger partial charge in [0.15, 0.2) is 0 Å². The van der Waals surface area contributed by atoms with E-state index >= 15 is 0 Å². The van der Waals surface area contributed by atoms with Gasteiger partial charge in [-0.05, 0) is 36.9 Å². The van der Waals surface area contributed by atoms with Gasteiger partial charge >= 0.3 is 0 Å². The fourth-order valence-corrected chi connectivity index (χ4v) is 2.47. The molecule has 4 heteroatoms. The summed E-state index contributed by atoms with van der Waals surface area (Å²) in [6.07, 6.45) is 1.77. The maximum absolute atomic E-state index is 12.7. The highest BCUT2D eigenvalue weighted by Gasteiger charge is 2.52. The van der Waals surface area contributed by atoms with Gasteiger partial charge in [0, 0.05) is 24.2 Å². The fraction of sp³-hybridized carbons (Fsp3) is 0.562. The van der Waals surface area contributed by atoms with Crippen LogP contribution in [0.2, 0.25) is 0 Å². The van der Waals surface area contributed by atoms with E-state index in [2.05, 4.69) is 13.8 Å². The third-order valence-electron chi connectivity index (χ3n) is 4.03. The van der Waals surface area contributed by atoms with Gasteiger partial charge in [-0.25, -0.2) is 0 Å². The van der Waals surface area contributed by atoms with Crippen molar-refractivity contribution in [2.75, 3.05) is 25.1 Å². The fourth-order valence-electron chi connectivity index (χ4n) is 2.47. The van der Waals surface area contributed by atoms with Crippen LogP contribution in [-0.4, -0.2) is 26.1 Å². The van der Waals surface area contributed by atoms with Crippen LogP contribution in [0.5, 0.6) is 5.75 Å². The first-order valence-electron chi connectivity index (χ1n) is 7.15. The largest absolute Gasteiger partial charge is 0.497 e. The Hall–Kier alpha value is -1.55. The number of methoxy groups -OCH3 is 1. The molecule has 0 aromatic heterocycles. The number of amides is 1. The first kappa shape index (κ1) is 14.9. The topological polar surface area (TPSA) is 55.6 Å². The molecule has 1 atom stereocenters. The summed E-state index contributed by atoms with van der Waals surface area (Å²) < 4.78 is 5.24. The van der Waals surface area contributed by atoms with E-state index < -0.39 is 0 Å². The standard InChI is InChI=1S/C16H24N2O2/c1-16(2)11-14(16)15(19)18(9-5-8-17)12-6-4-7-13(10-12)20-3/h4,6-7,10,14H,5,8-9,11,17H2,1-3H3. The molecule has 0 heterocycles. The van der Waals surface area contributed by atoms with Gasteiger partial charge in [-0.15, -0.1) is 0 Å². The minimum atomic E-state index is 0.131. The number of nitrogens with zero attached hydrogens (tertiary/aromatic N) is 1. The zero-order valence-corrected chi connectivity index (χ0v) is 12.6. The van der Waals surface area contributed by atoms with Gasteiger partial charge in [0.05, 0.1) is 7.11 Å². The van der Waals surface area contributed by atoms with E-state index in [4.69, 9.17) is 10.5 Å². The van der Waals surface area contributed by atoms with Gasteiger partial charge < -0.3 is 15.4 Å². The molecule has 0 saturated heterocycles. The third kappa shape index (κ3) is 3.12. The normalized spacial score (nSPS) is 19.5. The number of anilines is 1. The first-order valence-corrected chi connectivity index (χ1v) is 7.15. The summed E-state index contributed by atoms with van der Waals surface area (Å²) in [6, 6.07) is 7.65. The predicted molar refractivity (Wildman–Crippen MR) is 80.9 cm³/mol. The van der Waals surface area contributed by atoms with Gasteiger partial charge in [-0.1, -0.05) is 19.9 Å². The number of benzene rings is 1. The second-order valence-electron chi connectivity index (χ2n) is 6.08. The van der Waals surface area contributed by atoms with Crippen molar-refractivity contribution >= 4 is 11.6 Å². The molecule has 0 radical (unpaired) electrons. The Morgan fingerprint density at radius 2 is 2.20 bits per heavy atom. The van der Waals surface area contributed by atoms with Gasteiger partial charge in [0.1, 0.15) is 5.75 Å². The van der Waals surface area contributed by atoms with Crippen molar-refractivity contribution in [3.63, 3.8) is 0 Å². The van der Waals surface area contributed by atoms with Crippen molar-refractivity contribution in [2.24, 2.45) is 17.1 Å². The lowest BCUT2D eigenvalue weighted by molar-refractivity contribution is -0.120. The zero-order chi connectivity index (χ0) is 14.8. The maximum atomic E-state index is 12.7. The summed E-state index contributed by atoms with van der Waals surface area (Å²) in [5, 5.41) is 0. The molecule has 4 nitrogen and oxygen atoms in total. The van der Waals surface area contributed by atoms with Crippen molar-refractivity contribution < 1.29 is 9.53 Å². The smallest absolute Gasteiger partial charge is 0.230 e. The molecule has 20 heavy (non-hydrogen) atoms. The lowest BCUT2D eigenvalue weighted by Gasteiger charge is -2.24. The summed E-state index contributed by atoms with van der Waals surface area (Å²) in [4.78, 5) is 14.5. The number of hydrogen-bond donors (Lipinski definition) is 1. The van der Waals surface area contributed by atoms with Crippen LogP contribution in [0.3, 0.4) is 0 Å². The second-order valence-corrected chi connectivity index (χ2v) is 6.08. The van der Waals surface area contributed by atoms with Crippen molar-refractivity contribution in [1.82, 2.24) is 0 Å². The van der Waals surface area contributed by atoms with Gasteiger partial charge in [-0.2, -0.15) is 0 Å². The minimum Gasteiger partial charge on any atom is -0.497 e. The van der Waals surface area contributed by atoms with Gasteiger partial charge in [0.25, 0.3) is 0 Å². The molecule has 0 aliphatic heterocycles. The Labute approximate surface area is 120 Å².